The van der Waals surface area contributed by atoms with E-state index in [4.69, 9.17) is 0 Å². The molecule has 2 amide bonds. The van der Waals surface area contributed by atoms with Gasteiger partial charge in [-0.1, -0.05) is 13.8 Å². The smallest absolute Gasteiger partial charge is 0.221 e. The van der Waals surface area contributed by atoms with Crippen LogP contribution in [0.2, 0.25) is 0 Å². The van der Waals surface area contributed by atoms with Crippen LogP contribution >= 0.6 is 23.7 Å². The second-order valence-corrected chi connectivity index (χ2v) is 7.68. The van der Waals surface area contributed by atoms with E-state index in [1.54, 1.807) is 18.4 Å². The van der Waals surface area contributed by atoms with Crippen LogP contribution in [0.4, 0.5) is 0 Å². The highest BCUT2D eigenvalue weighted by Gasteiger charge is 2.35. The number of likely N-dealkylation sites (tertiary alicyclic amines) is 1. The van der Waals surface area contributed by atoms with Gasteiger partial charge in [-0.15, -0.1) is 12.4 Å². The number of rotatable bonds is 8. The van der Waals surface area contributed by atoms with Crippen LogP contribution in [0.1, 0.15) is 32.3 Å². The third kappa shape index (κ3) is 6.96. The number of thiophene rings is 1. The van der Waals surface area contributed by atoms with Crippen LogP contribution in [-0.4, -0.2) is 49.4 Å². The van der Waals surface area contributed by atoms with E-state index in [0.29, 0.717) is 24.7 Å². The minimum absolute atomic E-state index is 0. The Balaban J connectivity index is 0.00000312. The van der Waals surface area contributed by atoms with Crippen molar-refractivity contribution in [3.63, 3.8) is 0 Å². The molecular formula is C18H30ClN3O2S. The quantitative estimate of drug-likeness (QED) is 0.719. The zero-order chi connectivity index (χ0) is 17.5. The predicted molar refractivity (Wildman–Crippen MR) is 105 cm³/mol. The molecule has 0 aromatic carbocycles. The number of nitrogens with one attached hydrogen (secondary N) is 2. The van der Waals surface area contributed by atoms with E-state index in [2.05, 4.69) is 40.8 Å². The minimum Gasteiger partial charge on any atom is -0.359 e. The summed E-state index contributed by atoms with van der Waals surface area (Å²) in [7, 11) is 1.67. The molecule has 0 saturated carbocycles. The Morgan fingerprint density at radius 3 is 2.64 bits per heavy atom. The Hall–Kier alpha value is -1.11. The molecule has 0 aliphatic carbocycles. The second kappa shape index (κ2) is 10.8. The molecule has 1 fully saturated rings. The largest absolute Gasteiger partial charge is 0.359 e. The van der Waals surface area contributed by atoms with Gasteiger partial charge in [0, 0.05) is 45.6 Å². The maximum Gasteiger partial charge on any atom is 0.221 e. The second-order valence-electron chi connectivity index (χ2n) is 6.90. The summed E-state index contributed by atoms with van der Waals surface area (Å²) in [5, 5.41) is 10.0. The Kier molecular flexibility index (Phi) is 9.46. The summed E-state index contributed by atoms with van der Waals surface area (Å²) in [5.41, 5.74) is 1.23. The Morgan fingerprint density at radius 1 is 1.28 bits per heavy atom. The average molecular weight is 388 g/mol. The van der Waals surface area contributed by atoms with Gasteiger partial charge in [0.15, 0.2) is 0 Å². The SMILES string of the molecule is CNC(=O)CCN1C[C@H](NC(=O)CCc2ccsc2)[C@@H](C(C)C)C1.Cl. The van der Waals surface area contributed by atoms with Gasteiger partial charge in [0.2, 0.25) is 11.8 Å². The van der Waals surface area contributed by atoms with E-state index in [1.807, 2.05) is 5.38 Å². The normalized spacial score (nSPS) is 20.3. The van der Waals surface area contributed by atoms with Gasteiger partial charge in [-0.25, -0.2) is 0 Å². The lowest BCUT2D eigenvalue weighted by Crippen LogP contribution is -2.42. The van der Waals surface area contributed by atoms with E-state index in [9.17, 15) is 9.59 Å². The lowest BCUT2D eigenvalue weighted by atomic mass is 9.91. The molecule has 0 spiro atoms. The zero-order valence-corrected chi connectivity index (χ0v) is 16.9. The molecule has 2 heterocycles. The first-order valence-corrected chi connectivity index (χ1v) is 9.67. The summed E-state index contributed by atoms with van der Waals surface area (Å²) in [5.74, 6) is 1.15. The monoisotopic (exact) mass is 387 g/mol. The van der Waals surface area contributed by atoms with Crippen molar-refractivity contribution in [2.24, 2.45) is 11.8 Å². The Labute approximate surface area is 161 Å². The first kappa shape index (κ1) is 21.9. The average Bonchev–Trinajstić information content (AvgIpc) is 3.20. The van der Waals surface area contributed by atoms with Crippen molar-refractivity contribution in [2.45, 2.75) is 39.2 Å². The first-order valence-electron chi connectivity index (χ1n) is 8.73. The van der Waals surface area contributed by atoms with Gasteiger partial charge < -0.3 is 15.5 Å². The number of hydrogen-bond donors (Lipinski definition) is 2. The van der Waals surface area contributed by atoms with Crippen LogP contribution in [-0.2, 0) is 16.0 Å². The van der Waals surface area contributed by atoms with Gasteiger partial charge in [0.05, 0.1) is 0 Å². The van der Waals surface area contributed by atoms with Crippen molar-refractivity contribution in [3.8, 4) is 0 Å². The van der Waals surface area contributed by atoms with Crippen molar-refractivity contribution in [3.05, 3.63) is 22.4 Å². The standard InChI is InChI=1S/C18H29N3O2S.ClH/c1-13(2)15-10-21(8-6-17(22)19-3)11-16(15)20-18(23)5-4-14-7-9-24-12-14;/h7,9,12-13,15-16H,4-6,8,10-11H2,1-3H3,(H,19,22)(H,20,23);1H/t15-,16+;/m1./s1. The molecule has 1 aromatic heterocycles. The molecule has 2 N–H and O–H groups in total. The summed E-state index contributed by atoms with van der Waals surface area (Å²) >= 11 is 1.67. The number of carbonyl (C=O) groups excluding carboxylic acids is 2. The summed E-state index contributed by atoms with van der Waals surface area (Å²) in [6.45, 7) is 6.95. The highest BCUT2D eigenvalue weighted by molar-refractivity contribution is 7.07. The highest BCUT2D eigenvalue weighted by atomic mass is 35.5. The lowest BCUT2D eigenvalue weighted by molar-refractivity contribution is -0.122. The van der Waals surface area contributed by atoms with Gasteiger partial charge in [-0.05, 0) is 40.6 Å². The van der Waals surface area contributed by atoms with Crippen molar-refractivity contribution >= 4 is 35.6 Å². The van der Waals surface area contributed by atoms with Gasteiger partial charge >= 0.3 is 0 Å². The number of carbonyl (C=O) groups is 2. The minimum atomic E-state index is 0. The number of hydrogen-bond acceptors (Lipinski definition) is 4. The maximum absolute atomic E-state index is 12.3. The maximum atomic E-state index is 12.3. The Bertz CT molecular complexity index is 536. The molecule has 0 radical (unpaired) electrons. The van der Waals surface area contributed by atoms with Crippen molar-refractivity contribution in [2.75, 3.05) is 26.7 Å². The van der Waals surface area contributed by atoms with Crippen LogP contribution < -0.4 is 10.6 Å². The van der Waals surface area contributed by atoms with E-state index < -0.39 is 0 Å². The van der Waals surface area contributed by atoms with Gasteiger partial charge in [0.25, 0.3) is 0 Å². The van der Waals surface area contributed by atoms with Crippen LogP contribution in [0.5, 0.6) is 0 Å². The van der Waals surface area contributed by atoms with Crippen molar-refractivity contribution in [1.29, 1.82) is 0 Å². The molecule has 142 valence electrons. The lowest BCUT2D eigenvalue weighted by Gasteiger charge is -2.23. The molecule has 1 aromatic rings. The third-order valence-electron chi connectivity index (χ3n) is 4.80. The molecular weight excluding hydrogens is 358 g/mol. The summed E-state index contributed by atoms with van der Waals surface area (Å²) in [6, 6.07) is 2.26. The first-order chi connectivity index (χ1) is 11.5. The number of amides is 2. The van der Waals surface area contributed by atoms with Crippen molar-refractivity contribution in [1.82, 2.24) is 15.5 Å². The molecule has 1 aliphatic heterocycles. The fourth-order valence-electron chi connectivity index (χ4n) is 3.28. The van der Waals surface area contributed by atoms with Crippen LogP contribution in [0, 0.1) is 11.8 Å². The molecule has 2 rings (SSSR count). The summed E-state index contributed by atoms with van der Waals surface area (Å²) in [4.78, 5) is 26.0. The number of nitrogens with zero attached hydrogens (tertiary/aromatic N) is 1. The molecule has 1 saturated heterocycles. The van der Waals surface area contributed by atoms with Gasteiger partial charge in [-0.2, -0.15) is 11.3 Å². The number of halogens is 1. The third-order valence-corrected chi connectivity index (χ3v) is 5.53. The van der Waals surface area contributed by atoms with Crippen molar-refractivity contribution < 1.29 is 9.59 Å². The molecule has 7 heteroatoms. The summed E-state index contributed by atoms with van der Waals surface area (Å²) in [6.07, 6.45) is 1.85. The fraction of sp³-hybridized carbons (Fsp3) is 0.667. The molecule has 2 atom stereocenters. The molecule has 0 bridgehead atoms. The van der Waals surface area contributed by atoms with E-state index in [-0.39, 0.29) is 30.3 Å². The molecule has 5 nitrogen and oxygen atoms in total. The number of aryl methyl sites for hydroxylation is 1. The molecule has 1 aliphatic rings. The topological polar surface area (TPSA) is 61.4 Å². The predicted octanol–water partition coefficient (Wildman–Crippen LogP) is 2.31. The zero-order valence-electron chi connectivity index (χ0n) is 15.3. The van der Waals surface area contributed by atoms with Gasteiger partial charge in [-0.3, -0.25) is 9.59 Å². The van der Waals surface area contributed by atoms with E-state index >= 15 is 0 Å². The van der Waals surface area contributed by atoms with Crippen LogP contribution in [0.3, 0.4) is 0 Å². The summed E-state index contributed by atoms with van der Waals surface area (Å²) < 4.78 is 0. The van der Waals surface area contributed by atoms with E-state index in [1.165, 1.54) is 5.56 Å². The fourth-order valence-corrected chi connectivity index (χ4v) is 3.98. The molecule has 25 heavy (non-hydrogen) atoms. The Morgan fingerprint density at radius 2 is 2.04 bits per heavy atom. The van der Waals surface area contributed by atoms with Gasteiger partial charge in [0.1, 0.15) is 0 Å². The van der Waals surface area contributed by atoms with Crippen LogP contribution in [0.15, 0.2) is 16.8 Å². The van der Waals surface area contributed by atoms with Crippen LogP contribution in [0.25, 0.3) is 0 Å². The van der Waals surface area contributed by atoms with E-state index in [0.717, 1.165) is 26.1 Å². The molecule has 0 unspecified atom stereocenters. The highest BCUT2D eigenvalue weighted by Crippen LogP contribution is 2.24.